The van der Waals surface area contributed by atoms with Crippen molar-refractivity contribution in [3.8, 4) is 6.07 Å². The number of nitrogens with one attached hydrogen (secondary N) is 1. The van der Waals surface area contributed by atoms with E-state index in [1.807, 2.05) is 4.90 Å². The molecule has 1 atom stereocenters. The molecule has 0 aromatic heterocycles. The van der Waals surface area contributed by atoms with Crippen LogP contribution < -0.4 is 5.32 Å². The van der Waals surface area contributed by atoms with Gasteiger partial charge in [0.1, 0.15) is 6.04 Å². The van der Waals surface area contributed by atoms with Crippen molar-refractivity contribution >= 4 is 0 Å². The zero-order chi connectivity index (χ0) is 8.81. The van der Waals surface area contributed by atoms with E-state index in [-0.39, 0.29) is 12.7 Å². The molecule has 1 saturated heterocycles. The van der Waals surface area contributed by atoms with E-state index in [9.17, 15) is 4.39 Å². The Balaban J connectivity index is 2.32. The molecule has 0 bridgehead atoms. The van der Waals surface area contributed by atoms with Crippen molar-refractivity contribution in [2.75, 3.05) is 32.9 Å². The standard InChI is InChI=1S/C8H14FN3/c9-2-1-4-12-5-3-11-7-8(12)6-10/h8,11H,1-5,7H2. The van der Waals surface area contributed by atoms with Crippen LogP contribution in [0.5, 0.6) is 0 Å². The minimum absolute atomic E-state index is 0.0645. The minimum Gasteiger partial charge on any atom is -0.313 e. The second kappa shape index (κ2) is 5.07. The van der Waals surface area contributed by atoms with E-state index >= 15 is 0 Å². The molecule has 0 spiro atoms. The summed E-state index contributed by atoms with van der Waals surface area (Å²) in [5.41, 5.74) is 0. The average Bonchev–Trinajstić information content (AvgIpc) is 2.15. The van der Waals surface area contributed by atoms with Crippen molar-refractivity contribution in [2.45, 2.75) is 12.5 Å². The van der Waals surface area contributed by atoms with Crippen LogP contribution in [0.1, 0.15) is 6.42 Å². The summed E-state index contributed by atoms with van der Waals surface area (Å²) in [5, 5.41) is 11.9. The number of hydrogen-bond acceptors (Lipinski definition) is 3. The number of hydrogen-bond donors (Lipinski definition) is 1. The van der Waals surface area contributed by atoms with E-state index in [4.69, 9.17) is 5.26 Å². The number of halogens is 1. The van der Waals surface area contributed by atoms with Crippen molar-refractivity contribution < 1.29 is 4.39 Å². The summed E-state index contributed by atoms with van der Waals surface area (Å²) in [6, 6.07) is 2.14. The van der Waals surface area contributed by atoms with Crippen LogP contribution in [-0.2, 0) is 0 Å². The van der Waals surface area contributed by atoms with Gasteiger partial charge in [-0.15, -0.1) is 0 Å². The maximum Gasteiger partial charge on any atom is 0.110 e. The predicted molar refractivity (Wildman–Crippen MR) is 44.4 cm³/mol. The fourth-order valence-electron chi connectivity index (χ4n) is 1.40. The molecule has 0 aromatic carbocycles. The average molecular weight is 171 g/mol. The quantitative estimate of drug-likeness (QED) is 0.656. The molecular formula is C8H14FN3. The summed E-state index contributed by atoms with van der Waals surface area (Å²) < 4.78 is 11.9. The molecule has 4 heteroatoms. The van der Waals surface area contributed by atoms with Gasteiger partial charge in [0.2, 0.25) is 0 Å². The Labute approximate surface area is 72.2 Å². The highest BCUT2D eigenvalue weighted by atomic mass is 19.1. The zero-order valence-electron chi connectivity index (χ0n) is 7.09. The lowest BCUT2D eigenvalue weighted by Crippen LogP contribution is -2.50. The van der Waals surface area contributed by atoms with Gasteiger partial charge in [0, 0.05) is 26.2 Å². The molecule has 1 heterocycles. The van der Waals surface area contributed by atoms with E-state index in [1.165, 1.54) is 0 Å². The monoisotopic (exact) mass is 171 g/mol. The van der Waals surface area contributed by atoms with Gasteiger partial charge in [-0.1, -0.05) is 0 Å². The van der Waals surface area contributed by atoms with Gasteiger partial charge in [0.15, 0.2) is 0 Å². The van der Waals surface area contributed by atoms with E-state index in [0.717, 1.165) is 13.1 Å². The van der Waals surface area contributed by atoms with E-state index in [0.29, 0.717) is 19.5 Å². The minimum atomic E-state index is -0.290. The van der Waals surface area contributed by atoms with Gasteiger partial charge in [-0.25, -0.2) is 0 Å². The molecule has 0 amide bonds. The molecule has 1 fully saturated rings. The maximum absolute atomic E-state index is 11.9. The zero-order valence-corrected chi connectivity index (χ0v) is 7.09. The Morgan fingerprint density at radius 1 is 1.67 bits per heavy atom. The van der Waals surface area contributed by atoms with Crippen LogP contribution in [-0.4, -0.2) is 43.8 Å². The maximum atomic E-state index is 11.9. The molecule has 1 aliphatic rings. The fourth-order valence-corrected chi connectivity index (χ4v) is 1.40. The lowest BCUT2D eigenvalue weighted by Gasteiger charge is -2.31. The molecule has 12 heavy (non-hydrogen) atoms. The number of alkyl halides is 1. The highest BCUT2D eigenvalue weighted by Gasteiger charge is 2.20. The molecule has 1 N–H and O–H groups in total. The van der Waals surface area contributed by atoms with Gasteiger partial charge in [-0.05, 0) is 6.42 Å². The molecule has 1 aliphatic heterocycles. The largest absolute Gasteiger partial charge is 0.313 e. The summed E-state index contributed by atoms with van der Waals surface area (Å²) in [4.78, 5) is 2.04. The molecule has 68 valence electrons. The normalized spacial score (nSPS) is 25.2. The van der Waals surface area contributed by atoms with Crippen LogP contribution in [0.4, 0.5) is 4.39 Å². The van der Waals surface area contributed by atoms with Crippen molar-refractivity contribution in [1.82, 2.24) is 10.2 Å². The SMILES string of the molecule is N#CC1CNCCN1CCCF. The molecule has 0 radical (unpaired) electrons. The Bertz CT molecular complexity index is 166. The summed E-state index contributed by atoms with van der Waals surface area (Å²) in [5.74, 6) is 0. The van der Waals surface area contributed by atoms with E-state index in [2.05, 4.69) is 11.4 Å². The van der Waals surface area contributed by atoms with Crippen LogP contribution >= 0.6 is 0 Å². The molecular weight excluding hydrogens is 157 g/mol. The Morgan fingerprint density at radius 3 is 3.17 bits per heavy atom. The van der Waals surface area contributed by atoms with Gasteiger partial charge in [0.05, 0.1) is 12.7 Å². The number of nitrogens with zero attached hydrogens (tertiary/aromatic N) is 2. The van der Waals surface area contributed by atoms with Crippen LogP contribution in [0.2, 0.25) is 0 Å². The predicted octanol–water partition coefficient (Wildman–Crippen LogP) is 0.143. The van der Waals surface area contributed by atoms with Crippen LogP contribution in [0.15, 0.2) is 0 Å². The topological polar surface area (TPSA) is 39.1 Å². The highest BCUT2D eigenvalue weighted by molar-refractivity contribution is 4.95. The van der Waals surface area contributed by atoms with E-state index in [1.54, 1.807) is 0 Å². The van der Waals surface area contributed by atoms with Crippen LogP contribution in [0.3, 0.4) is 0 Å². The molecule has 1 rings (SSSR count). The van der Waals surface area contributed by atoms with Gasteiger partial charge in [-0.3, -0.25) is 9.29 Å². The number of nitriles is 1. The van der Waals surface area contributed by atoms with Gasteiger partial charge in [0.25, 0.3) is 0 Å². The second-order valence-corrected chi connectivity index (χ2v) is 2.93. The van der Waals surface area contributed by atoms with Gasteiger partial charge >= 0.3 is 0 Å². The van der Waals surface area contributed by atoms with E-state index < -0.39 is 0 Å². The van der Waals surface area contributed by atoms with Crippen LogP contribution in [0.25, 0.3) is 0 Å². The van der Waals surface area contributed by atoms with Crippen molar-refractivity contribution in [1.29, 1.82) is 5.26 Å². The molecule has 1 unspecified atom stereocenters. The number of piperazine rings is 1. The molecule has 3 nitrogen and oxygen atoms in total. The first-order chi connectivity index (χ1) is 5.88. The number of rotatable bonds is 3. The van der Waals surface area contributed by atoms with Crippen molar-refractivity contribution in [2.24, 2.45) is 0 Å². The molecule has 0 aliphatic carbocycles. The Hall–Kier alpha value is -0.660. The Morgan fingerprint density at radius 2 is 2.50 bits per heavy atom. The summed E-state index contributed by atoms with van der Waals surface area (Å²) in [7, 11) is 0. The third-order valence-corrected chi connectivity index (χ3v) is 2.08. The molecule has 0 aromatic rings. The molecule has 0 saturated carbocycles. The second-order valence-electron chi connectivity index (χ2n) is 2.93. The van der Waals surface area contributed by atoms with Gasteiger partial charge in [-0.2, -0.15) is 5.26 Å². The van der Waals surface area contributed by atoms with Crippen molar-refractivity contribution in [3.05, 3.63) is 0 Å². The summed E-state index contributed by atoms with van der Waals surface area (Å²) in [6.07, 6.45) is 0.540. The lowest BCUT2D eigenvalue weighted by molar-refractivity contribution is 0.189. The van der Waals surface area contributed by atoms with Gasteiger partial charge < -0.3 is 5.32 Å². The fraction of sp³-hybridized carbons (Fsp3) is 0.875. The third kappa shape index (κ3) is 2.43. The first kappa shape index (κ1) is 9.43. The third-order valence-electron chi connectivity index (χ3n) is 2.08. The first-order valence-corrected chi connectivity index (χ1v) is 4.29. The highest BCUT2D eigenvalue weighted by Crippen LogP contribution is 2.02. The first-order valence-electron chi connectivity index (χ1n) is 4.29. The smallest absolute Gasteiger partial charge is 0.110 e. The Kier molecular flexibility index (Phi) is 3.98. The lowest BCUT2D eigenvalue weighted by atomic mass is 10.2. The summed E-state index contributed by atoms with van der Waals surface area (Å²) in [6.45, 7) is 2.89. The van der Waals surface area contributed by atoms with Crippen molar-refractivity contribution in [3.63, 3.8) is 0 Å². The van der Waals surface area contributed by atoms with Crippen LogP contribution in [0, 0.1) is 11.3 Å². The summed E-state index contributed by atoms with van der Waals surface area (Å²) >= 11 is 0.